The van der Waals surface area contributed by atoms with Crippen LogP contribution in [0.5, 0.6) is 0 Å². The van der Waals surface area contributed by atoms with Gasteiger partial charge in [-0.2, -0.15) is 5.10 Å². The van der Waals surface area contributed by atoms with Crippen LogP contribution >= 0.6 is 0 Å². The summed E-state index contributed by atoms with van der Waals surface area (Å²) in [5.41, 5.74) is 1.82. The van der Waals surface area contributed by atoms with Crippen molar-refractivity contribution in [2.75, 3.05) is 11.9 Å². The molecule has 2 N–H and O–H groups in total. The Morgan fingerprint density at radius 1 is 1.30 bits per heavy atom. The van der Waals surface area contributed by atoms with Crippen molar-refractivity contribution >= 4 is 11.8 Å². The fourth-order valence-electron chi connectivity index (χ4n) is 1.52. The summed E-state index contributed by atoms with van der Waals surface area (Å²) in [6.07, 6.45) is 0.949. The largest absolute Gasteiger partial charge is 0.445 e. The summed E-state index contributed by atoms with van der Waals surface area (Å²) in [5.74, 6) is 0. The maximum atomic E-state index is 11.3. The van der Waals surface area contributed by atoms with Crippen LogP contribution in [0.4, 0.5) is 10.5 Å². The van der Waals surface area contributed by atoms with E-state index in [-0.39, 0.29) is 12.2 Å². The minimum absolute atomic E-state index is 0.158. The summed E-state index contributed by atoms with van der Waals surface area (Å²) < 4.78 is 4.80. The molecular formula is C14H13N3O3. The predicted octanol–water partition coefficient (Wildman–Crippen LogP) is 2.17. The Bertz CT molecular complexity index is 642. The van der Waals surface area contributed by atoms with Gasteiger partial charge in [0.25, 0.3) is 5.56 Å². The summed E-state index contributed by atoms with van der Waals surface area (Å²) in [5, 5.41) is 8.86. The molecule has 20 heavy (non-hydrogen) atoms. The van der Waals surface area contributed by atoms with Gasteiger partial charge < -0.3 is 4.74 Å². The third-order valence-electron chi connectivity index (χ3n) is 2.44. The third-order valence-corrected chi connectivity index (χ3v) is 2.44. The van der Waals surface area contributed by atoms with E-state index in [4.69, 9.17) is 4.74 Å². The lowest BCUT2D eigenvalue weighted by molar-refractivity contribution is 0.174. The monoisotopic (exact) mass is 271 g/mol. The zero-order chi connectivity index (χ0) is 14.4. The van der Waals surface area contributed by atoms with E-state index in [0.29, 0.717) is 11.4 Å². The molecule has 0 saturated heterocycles. The quantitative estimate of drug-likeness (QED) is 0.835. The first kappa shape index (κ1) is 13.5. The van der Waals surface area contributed by atoms with Gasteiger partial charge in [0.15, 0.2) is 0 Å². The number of amides is 1. The molecule has 1 aromatic carbocycles. The van der Waals surface area contributed by atoms with Gasteiger partial charge >= 0.3 is 6.09 Å². The third kappa shape index (κ3) is 3.55. The molecule has 6 heteroatoms. The van der Waals surface area contributed by atoms with Crippen molar-refractivity contribution < 1.29 is 9.53 Å². The van der Waals surface area contributed by atoms with E-state index in [9.17, 15) is 9.59 Å². The average Bonchev–Trinajstić information content (AvgIpc) is 2.47. The maximum Gasteiger partial charge on any atom is 0.411 e. The molecule has 0 saturated carbocycles. The molecule has 2 rings (SSSR count). The van der Waals surface area contributed by atoms with Crippen LogP contribution in [0.15, 0.2) is 53.8 Å². The highest BCUT2D eigenvalue weighted by Crippen LogP contribution is 2.18. The Kier molecular flexibility index (Phi) is 4.28. The second-order valence-electron chi connectivity index (χ2n) is 3.90. The molecule has 0 bridgehead atoms. The molecule has 0 unspecified atom stereocenters. The van der Waals surface area contributed by atoms with Crippen molar-refractivity contribution in [3.8, 4) is 11.3 Å². The lowest BCUT2D eigenvalue weighted by Gasteiger charge is -2.06. The standard InChI is InChI=1S/C14H13N3O3/c1-2-9-20-14(19)15-11-5-3-10(4-6-11)12-7-8-13(18)17-16-12/h2-8H,1,9H2,(H,15,19)(H,17,18). The summed E-state index contributed by atoms with van der Waals surface area (Å²) in [6.45, 7) is 3.61. The number of nitrogens with zero attached hydrogens (tertiary/aromatic N) is 1. The van der Waals surface area contributed by atoms with E-state index in [0.717, 1.165) is 5.56 Å². The summed E-state index contributed by atoms with van der Waals surface area (Å²) in [7, 11) is 0. The van der Waals surface area contributed by atoms with Gasteiger partial charge in [0.2, 0.25) is 0 Å². The van der Waals surface area contributed by atoms with Crippen LogP contribution in [0.2, 0.25) is 0 Å². The van der Waals surface area contributed by atoms with E-state index in [2.05, 4.69) is 22.1 Å². The Labute approximate surface area is 115 Å². The van der Waals surface area contributed by atoms with E-state index in [1.807, 2.05) is 0 Å². The number of aromatic nitrogens is 2. The van der Waals surface area contributed by atoms with Crippen molar-refractivity contribution in [3.63, 3.8) is 0 Å². The molecule has 2 aromatic rings. The molecule has 1 amide bonds. The first-order valence-electron chi connectivity index (χ1n) is 5.90. The first-order chi connectivity index (χ1) is 9.69. The molecule has 0 spiro atoms. The Balaban J connectivity index is 2.06. The number of nitrogens with one attached hydrogen (secondary N) is 2. The maximum absolute atomic E-state index is 11.3. The highest BCUT2D eigenvalue weighted by molar-refractivity contribution is 5.85. The van der Waals surface area contributed by atoms with Crippen LogP contribution in [-0.2, 0) is 4.74 Å². The SMILES string of the molecule is C=CCOC(=O)Nc1ccc(-c2ccc(=O)[nH]n2)cc1. The minimum Gasteiger partial charge on any atom is -0.445 e. The van der Waals surface area contributed by atoms with Crippen LogP contribution in [0.3, 0.4) is 0 Å². The zero-order valence-corrected chi connectivity index (χ0v) is 10.6. The van der Waals surface area contributed by atoms with Crippen molar-refractivity contribution in [2.24, 2.45) is 0 Å². The average molecular weight is 271 g/mol. The van der Waals surface area contributed by atoms with Gasteiger partial charge in [-0.05, 0) is 18.2 Å². The molecule has 1 aromatic heterocycles. The van der Waals surface area contributed by atoms with Gasteiger partial charge in [-0.1, -0.05) is 24.8 Å². The van der Waals surface area contributed by atoms with Crippen molar-refractivity contribution in [3.05, 3.63) is 59.4 Å². The van der Waals surface area contributed by atoms with Crippen LogP contribution < -0.4 is 10.9 Å². The number of rotatable bonds is 4. The molecule has 0 aliphatic rings. The Hall–Kier alpha value is -2.89. The predicted molar refractivity (Wildman–Crippen MR) is 75.5 cm³/mol. The Morgan fingerprint density at radius 3 is 2.65 bits per heavy atom. The molecular weight excluding hydrogens is 258 g/mol. The number of H-pyrrole nitrogens is 1. The number of hydrogen-bond donors (Lipinski definition) is 2. The molecule has 1 heterocycles. The number of carbonyl (C=O) groups excluding carboxylic acids is 1. The second-order valence-corrected chi connectivity index (χ2v) is 3.90. The number of benzene rings is 1. The molecule has 6 nitrogen and oxygen atoms in total. The fraction of sp³-hybridized carbons (Fsp3) is 0.0714. The Morgan fingerprint density at radius 2 is 2.05 bits per heavy atom. The van der Waals surface area contributed by atoms with Gasteiger partial charge in [-0.15, -0.1) is 0 Å². The lowest BCUT2D eigenvalue weighted by Crippen LogP contribution is -2.13. The van der Waals surface area contributed by atoms with Crippen molar-refractivity contribution in [1.82, 2.24) is 10.2 Å². The normalized spacial score (nSPS) is 9.80. The number of hydrogen-bond acceptors (Lipinski definition) is 4. The van der Waals surface area contributed by atoms with Crippen LogP contribution in [0.25, 0.3) is 11.3 Å². The highest BCUT2D eigenvalue weighted by atomic mass is 16.5. The van der Waals surface area contributed by atoms with Crippen LogP contribution in [-0.4, -0.2) is 22.9 Å². The number of ether oxygens (including phenoxy) is 1. The van der Waals surface area contributed by atoms with Crippen molar-refractivity contribution in [1.29, 1.82) is 0 Å². The second kappa shape index (κ2) is 6.33. The molecule has 0 aliphatic carbocycles. The lowest BCUT2D eigenvalue weighted by atomic mass is 10.1. The van der Waals surface area contributed by atoms with E-state index in [1.165, 1.54) is 12.1 Å². The first-order valence-corrected chi connectivity index (χ1v) is 5.90. The summed E-state index contributed by atoms with van der Waals surface area (Å²) in [4.78, 5) is 22.3. The van der Waals surface area contributed by atoms with Gasteiger partial charge in [0, 0.05) is 17.3 Å². The minimum atomic E-state index is -0.542. The zero-order valence-electron chi connectivity index (χ0n) is 10.6. The van der Waals surface area contributed by atoms with Crippen molar-refractivity contribution in [2.45, 2.75) is 0 Å². The smallest absolute Gasteiger partial charge is 0.411 e. The number of aromatic amines is 1. The number of carbonyl (C=O) groups is 1. The molecule has 0 fully saturated rings. The van der Waals surface area contributed by atoms with Crippen LogP contribution in [0, 0.1) is 0 Å². The van der Waals surface area contributed by atoms with E-state index in [1.54, 1.807) is 30.3 Å². The van der Waals surface area contributed by atoms with Gasteiger partial charge in [0.05, 0.1) is 5.69 Å². The van der Waals surface area contributed by atoms with Crippen LogP contribution in [0.1, 0.15) is 0 Å². The molecule has 102 valence electrons. The van der Waals surface area contributed by atoms with Gasteiger partial charge in [0.1, 0.15) is 6.61 Å². The molecule has 0 atom stereocenters. The van der Waals surface area contributed by atoms with E-state index < -0.39 is 6.09 Å². The summed E-state index contributed by atoms with van der Waals surface area (Å²) in [6, 6.07) is 10.0. The molecule has 0 radical (unpaired) electrons. The highest BCUT2D eigenvalue weighted by Gasteiger charge is 2.03. The molecule has 0 aliphatic heterocycles. The van der Waals surface area contributed by atoms with Gasteiger partial charge in [-0.3, -0.25) is 10.1 Å². The summed E-state index contributed by atoms with van der Waals surface area (Å²) >= 11 is 0. The fourth-order valence-corrected chi connectivity index (χ4v) is 1.52. The van der Waals surface area contributed by atoms with E-state index >= 15 is 0 Å². The van der Waals surface area contributed by atoms with Gasteiger partial charge in [-0.25, -0.2) is 9.89 Å². The topological polar surface area (TPSA) is 84.1 Å². The number of anilines is 1.